The quantitative estimate of drug-likeness (QED) is 0.797. The van der Waals surface area contributed by atoms with Crippen LogP contribution >= 0.6 is 0 Å². The van der Waals surface area contributed by atoms with Gasteiger partial charge in [-0.25, -0.2) is 0 Å². The van der Waals surface area contributed by atoms with E-state index < -0.39 is 0 Å². The van der Waals surface area contributed by atoms with Gasteiger partial charge in [0.2, 0.25) is 11.8 Å². The molecule has 5 nitrogen and oxygen atoms in total. The van der Waals surface area contributed by atoms with E-state index in [4.69, 9.17) is 4.74 Å². The van der Waals surface area contributed by atoms with Crippen LogP contribution in [0, 0.1) is 30.1 Å². The molecular weight excluding hydrogens is 328 g/mol. The average molecular weight is 356 g/mol. The normalized spacial score (nSPS) is 31.5. The summed E-state index contributed by atoms with van der Waals surface area (Å²) in [6.45, 7) is 2.27. The molecular formula is C21H28N2O3. The average Bonchev–Trinajstić information content (AvgIpc) is 2.60. The lowest BCUT2D eigenvalue weighted by atomic mass is 9.49. The Morgan fingerprint density at radius 1 is 1.04 bits per heavy atom. The smallest absolute Gasteiger partial charge is 0.244 e. The first kappa shape index (κ1) is 17.4. The molecule has 26 heavy (non-hydrogen) atoms. The molecule has 2 N–H and O–H groups in total. The summed E-state index contributed by atoms with van der Waals surface area (Å²) in [6.07, 6.45) is 7.11. The van der Waals surface area contributed by atoms with Gasteiger partial charge in [-0.2, -0.15) is 0 Å². The summed E-state index contributed by atoms with van der Waals surface area (Å²) < 4.78 is 5.64. The largest absolute Gasteiger partial charge is 0.493 e. The number of benzene rings is 1. The van der Waals surface area contributed by atoms with Crippen LogP contribution in [0.1, 0.15) is 50.5 Å². The van der Waals surface area contributed by atoms with Crippen molar-refractivity contribution in [2.45, 2.75) is 51.9 Å². The Kier molecular flexibility index (Phi) is 4.63. The van der Waals surface area contributed by atoms with Gasteiger partial charge in [0.05, 0.1) is 18.4 Å². The first-order valence-electron chi connectivity index (χ1n) is 9.82. The first-order valence-corrected chi connectivity index (χ1v) is 9.82. The summed E-state index contributed by atoms with van der Waals surface area (Å²) in [6, 6.07) is 7.73. The SMILES string of the molecule is Cc1ccccc1OCCC(=O)NNC(=O)C12CC3CC(CC(C3)C1)C2. The highest BCUT2D eigenvalue weighted by molar-refractivity contribution is 5.86. The van der Waals surface area contributed by atoms with Gasteiger partial charge in [-0.05, 0) is 74.8 Å². The summed E-state index contributed by atoms with van der Waals surface area (Å²) in [7, 11) is 0. The van der Waals surface area contributed by atoms with E-state index in [1.54, 1.807) is 0 Å². The van der Waals surface area contributed by atoms with Gasteiger partial charge < -0.3 is 4.74 Å². The van der Waals surface area contributed by atoms with Gasteiger partial charge in [0.15, 0.2) is 0 Å². The third-order valence-electron chi connectivity index (χ3n) is 6.52. The van der Waals surface area contributed by atoms with Gasteiger partial charge in [-0.1, -0.05) is 18.2 Å². The van der Waals surface area contributed by atoms with Crippen LogP contribution in [-0.2, 0) is 9.59 Å². The molecule has 5 heteroatoms. The van der Waals surface area contributed by atoms with E-state index in [0.717, 1.165) is 30.6 Å². The molecule has 1 aromatic rings. The molecule has 1 aromatic carbocycles. The summed E-state index contributed by atoms with van der Waals surface area (Å²) >= 11 is 0. The number of carbonyl (C=O) groups is 2. The van der Waals surface area contributed by atoms with Crippen molar-refractivity contribution in [3.05, 3.63) is 29.8 Å². The van der Waals surface area contributed by atoms with E-state index >= 15 is 0 Å². The van der Waals surface area contributed by atoms with Crippen LogP contribution in [0.25, 0.3) is 0 Å². The number of hydrogen-bond donors (Lipinski definition) is 2. The third kappa shape index (κ3) is 3.44. The summed E-state index contributed by atoms with van der Waals surface area (Å²) in [5, 5.41) is 0. The fourth-order valence-corrected chi connectivity index (χ4v) is 5.68. The van der Waals surface area contributed by atoms with Gasteiger partial charge in [-0.3, -0.25) is 20.4 Å². The van der Waals surface area contributed by atoms with Gasteiger partial charge in [-0.15, -0.1) is 0 Å². The molecule has 0 aromatic heterocycles. The molecule has 0 radical (unpaired) electrons. The number of para-hydroxylation sites is 1. The molecule has 0 unspecified atom stereocenters. The first-order chi connectivity index (χ1) is 12.5. The maximum absolute atomic E-state index is 12.8. The Morgan fingerprint density at radius 3 is 2.27 bits per heavy atom. The highest BCUT2D eigenvalue weighted by atomic mass is 16.5. The number of hydrazine groups is 1. The number of nitrogens with one attached hydrogen (secondary N) is 2. The van der Waals surface area contributed by atoms with Crippen LogP contribution in [0.5, 0.6) is 5.75 Å². The van der Waals surface area contributed by atoms with Gasteiger partial charge >= 0.3 is 0 Å². The summed E-state index contributed by atoms with van der Waals surface area (Å²) in [4.78, 5) is 24.8. The molecule has 2 amide bonds. The Bertz CT molecular complexity index is 665. The number of rotatable bonds is 5. The Balaban J connectivity index is 1.23. The second-order valence-corrected chi connectivity index (χ2v) is 8.56. The van der Waals surface area contributed by atoms with Crippen molar-refractivity contribution in [1.29, 1.82) is 0 Å². The molecule has 4 fully saturated rings. The lowest BCUT2D eigenvalue weighted by Gasteiger charge is -2.55. The predicted octanol–water partition coefficient (Wildman–Crippen LogP) is 3.13. The van der Waals surface area contributed by atoms with Crippen molar-refractivity contribution in [3.63, 3.8) is 0 Å². The van der Waals surface area contributed by atoms with Crippen molar-refractivity contribution in [2.24, 2.45) is 23.2 Å². The minimum Gasteiger partial charge on any atom is -0.493 e. The fraction of sp³-hybridized carbons (Fsp3) is 0.619. The number of hydrogen-bond acceptors (Lipinski definition) is 3. The molecule has 4 saturated carbocycles. The maximum atomic E-state index is 12.8. The number of amides is 2. The zero-order valence-corrected chi connectivity index (χ0v) is 15.4. The van der Waals surface area contributed by atoms with Crippen LogP contribution in [0.15, 0.2) is 24.3 Å². The van der Waals surface area contributed by atoms with Crippen LogP contribution in [-0.4, -0.2) is 18.4 Å². The van der Waals surface area contributed by atoms with Gasteiger partial charge in [0, 0.05) is 0 Å². The maximum Gasteiger partial charge on any atom is 0.244 e. The number of ether oxygens (including phenoxy) is 1. The Hall–Kier alpha value is -2.04. The lowest BCUT2D eigenvalue weighted by Crippen LogP contribution is -2.56. The Morgan fingerprint density at radius 2 is 1.65 bits per heavy atom. The summed E-state index contributed by atoms with van der Waals surface area (Å²) in [5.41, 5.74) is 6.10. The van der Waals surface area contributed by atoms with Crippen LogP contribution in [0.3, 0.4) is 0 Å². The van der Waals surface area contributed by atoms with E-state index in [0.29, 0.717) is 24.4 Å². The zero-order chi connectivity index (χ0) is 18.1. The molecule has 4 aliphatic carbocycles. The van der Waals surface area contributed by atoms with Gasteiger partial charge in [0.1, 0.15) is 5.75 Å². The van der Waals surface area contributed by atoms with Crippen molar-refractivity contribution in [1.82, 2.24) is 10.9 Å². The molecule has 4 bridgehead atoms. The molecule has 0 aliphatic heterocycles. The van der Waals surface area contributed by atoms with E-state index in [-0.39, 0.29) is 23.7 Å². The molecule has 0 heterocycles. The monoisotopic (exact) mass is 356 g/mol. The second-order valence-electron chi connectivity index (χ2n) is 8.56. The summed E-state index contributed by atoms with van der Waals surface area (Å²) in [5.74, 6) is 2.74. The van der Waals surface area contributed by atoms with Crippen molar-refractivity contribution in [3.8, 4) is 5.75 Å². The standard InChI is InChI=1S/C21H28N2O3/c1-14-4-2-3-5-18(14)26-7-6-19(24)22-23-20(25)21-11-15-8-16(12-21)10-17(9-15)13-21/h2-5,15-17H,6-13H2,1H3,(H,22,24)(H,23,25). The van der Waals surface area contributed by atoms with Crippen molar-refractivity contribution in [2.75, 3.05) is 6.61 Å². The van der Waals surface area contributed by atoms with E-state index in [9.17, 15) is 9.59 Å². The van der Waals surface area contributed by atoms with Crippen LogP contribution in [0.4, 0.5) is 0 Å². The minimum absolute atomic E-state index is 0.0183. The van der Waals surface area contributed by atoms with E-state index in [1.165, 1.54) is 19.3 Å². The van der Waals surface area contributed by atoms with Crippen LogP contribution < -0.4 is 15.6 Å². The minimum atomic E-state index is -0.236. The highest BCUT2D eigenvalue weighted by Gasteiger charge is 2.54. The highest BCUT2D eigenvalue weighted by Crippen LogP contribution is 2.60. The van der Waals surface area contributed by atoms with E-state index in [1.807, 2.05) is 31.2 Å². The molecule has 140 valence electrons. The van der Waals surface area contributed by atoms with E-state index in [2.05, 4.69) is 10.9 Å². The fourth-order valence-electron chi connectivity index (χ4n) is 5.68. The topological polar surface area (TPSA) is 67.4 Å². The second kappa shape index (κ2) is 6.93. The lowest BCUT2D eigenvalue weighted by molar-refractivity contribution is -0.149. The Labute approximate surface area is 154 Å². The van der Waals surface area contributed by atoms with Crippen molar-refractivity contribution >= 4 is 11.8 Å². The van der Waals surface area contributed by atoms with Crippen molar-refractivity contribution < 1.29 is 14.3 Å². The van der Waals surface area contributed by atoms with Gasteiger partial charge in [0.25, 0.3) is 0 Å². The van der Waals surface area contributed by atoms with Crippen LogP contribution in [0.2, 0.25) is 0 Å². The number of aryl methyl sites for hydroxylation is 1. The molecule has 4 aliphatic rings. The predicted molar refractivity (Wildman–Crippen MR) is 98.2 cm³/mol. The zero-order valence-electron chi connectivity index (χ0n) is 15.4. The number of carbonyl (C=O) groups excluding carboxylic acids is 2. The molecule has 0 atom stereocenters. The molecule has 0 spiro atoms. The molecule has 5 rings (SSSR count). The molecule has 0 saturated heterocycles. The third-order valence-corrected chi connectivity index (χ3v) is 6.52.